The largest absolute Gasteiger partial charge is 0.274 e. The van der Waals surface area contributed by atoms with Crippen molar-refractivity contribution in [2.75, 3.05) is 4.90 Å². The molecular weight excluding hydrogens is 262 g/mol. The van der Waals surface area contributed by atoms with E-state index in [0.717, 1.165) is 17.8 Å². The number of hydrogen-bond acceptors (Lipinski definition) is 5. The molecule has 2 heterocycles. The Labute approximate surface area is 114 Å². The van der Waals surface area contributed by atoms with E-state index in [1.165, 1.54) is 16.2 Å². The van der Waals surface area contributed by atoms with Crippen LogP contribution in [0.4, 0.5) is 5.13 Å². The summed E-state index contributed by atoms with van der Waals surface area (Å²) in [5.41, 5.74) is 0. The van der Waals surface area contributed by atoms with Gasteiger partial charge in [0, 0.05) is 0 Å². The number of fused-ring (bicyclic) bond motifs is 5. The van der Waals surface area contributed by atoms with Crippen LogP contribution in [0.15, 0.2) is 12.2 Å². The zero-order valence-corrected chi connectivity index (χ0v) is 11.3. The summed E-state index contributed by atoms with van der Waals surface area (Å²) in [7, 11) is 0. The molecule has 0 unspecified atom stereocenters. The van der Waals surface area contributed by atoms with E-state index in [1.807, 2.05) is 6.92 Å². The van der Waals surface area contributed by atoms with E-state index in [9.17, 15) is 9.59 Å². The topological polar surface area (TPSA) is 63.2 Å². The molecule has 0 spiro atoms. The second-order valence-electron chi connectivity index (χ2n) is 5.34. The first kappa shape index (κ1) is 11.3. The van der Waals surface area contributed by atoms with Crippen molar-refractivity contribution >= 4 is 28.3 Å². The van der Waals surface area contributed by atoms with Crippen LogP contribution in [0.25, 0.3) is 0 Å². The number of aromatic nitrogens is 2. The molecule has 1 aliphatic heterocycles. The van der Waals surface area contributed by atoms with E-state index in [2.05, 4.69) is 22.3 Å². The van der Waals surface area contributed by atoms with E-state index < -0.39 is 0 Å². The van der Waals surface area contributed by atoms with E-state index >= 15 is 0 Å². The van der Waals surface area contributed by atoms with Gasteiger partial charge in [-0.3, -0.25) is 9.59 Å². The van der Waals surface area contributed by atoms with Gasteiger partial charge in [0.1, 0.15) is 5.01 Å². The first-order valence-corrected chi connectivity index (χ1v) is 7.41. The van der Waals surface area contributed by atoms with Gasteiger partial charge in [0.25, 0.3) is 0 Å². The number of carbonyl (C=O) groups excluding carboxylic acids is 2. The summed E-state index contributed by atoms with van der Waals surface area (Å²) >= 11 is 1.34. The third kappa shape index (κ3) is 1.35. The number of aryl methyl sites for hydroxylation is 1. The van der Waals surface area contributed by atoms with Gasteiger partial charge in [0.05, 0.1) is 11.8 Å². The summed E-state index contributed by atoms with van der Waals surface area (Å²) < 4.78 is 0. The number of carbonyl (C=O) groups is 2. The molecule has 4 atom stereocenters. The van der Waals surface area contributed by atoms with Crippen LogP contribution in [0.1, 0.15) is 18.4 Å². The molecule has 98 valence electrons. The number of allylic oxidation sites excluding steroid dienone is 2. The highest BCUT2D eigenvalue weighted by Crippen LogP contribution is 2.53. The SMILES string of the molecule is CCc1nnc(N2C(=O)[C@@H]3[C@H](C2=O)[C@@H]2C=C[C@@H]3C2)s1. The first-order chi connectivity index (χ1) is 9.20. The molecule has 4 rings (SSSR count). The van der Waals surface area contributed by atoms with E-state index in [1.54, 1.807) is 0 Å². The van der Waals surface area contributed by atoms with Crippen molar-refractivity contribution in [2.45, 2.75) is 19.8 Å². The number of nitrogens with zero attached hydrogens (tertiary/aromatic N) is 3. The van der Waals surface area contributed by atoms with Crippen molar-refractivity contribution in [2.24, 2.45) is 23.7 Å². The van der Waals surface area contributed by atoms with E-state index in [4.69, 9.17) is 0 Å². The van der Waals surface area contributed by atoms with Crippen LogP contribution in [0.5, 0.6) is 0 Å². The normalized spacial score (nSPS) is 35.5. The summed E-state index contributed by atoms with van der Waals surface area (Å²) in [6.07, 6.45) is 5.92. The molecule has 2 aliphatic carbocycles. The molecule has 0 aromatic carbocycles. The molecule has 2 fully saturated rings. The molecule has 3 aliphatic rings. The number of imide groups is 1. The van der Waals surface area contributed by atoms with E-state index in [0.29, 0.717) is 5.13 Å². The first-order valence-electron chi connectivity index (χ1n) is 6.59. The van der Waals surface area contributed by atoms with Crippen LogP contribution in [-0.2, 0) is 16.0 Å². The summed E-state index contributed by atoms with van der Waals surface area (Å²) in [6.45, 7) is 1.98. The van der Waals surface area contributed by atoms with Gasteiger partial charge >= 0.3 is 0 Å². The predicted molar refractivity (Wildman–Crippen MR) is 69.5 cm³/mol. The maximum absolute atomic E-state index is 12.5. The molecule has 2 bridgehead atoms. The van der Waals surface area contributed by atoms with Crippen molar-refractivity contribution in [3.63, 3.8) is 0 Å². The smallest absolute Gasteiger partial charge is 0.240 e. The fraction of sp³-hybridized carbons (Fsp3) is 0.538. The van der Waals surface area contributed by atoms with Gasteiger partial charge in [-0.15, -0.1) is 10.2 Å². The minimum atomic E-state index is -0.156. The molecule has 1 saturated heterocycles. The van der Waals surface area contributed by atoms with Crippen LogP contribution in [0.2, 0.25) is 0 Å². The minimum absolute atomic E-state index is 0.0781. The van der Waals surface area contributed by atoms with E-state index in [-0.39, 0.29) is 35.5 Å². The van der Waals surface area contributed by atoms with Crippen molar-refractivity contribution in [1.29, 1.82) is 0 Å². The Bertz CT molecular complexity index is 579. The predicted octanol–water partition coefficient (Wildman–Crippen LogP) is 1.41. The minimum Gasteiger partial charge on any atom is -0.274 e. The van der Waals surface area contributed by atoms with Gasteiger partial charge < -0.3 is 0 Å². The van der Waals surface area contributed by atoms with Gasteiger partial charge in [-0.05, 0) is 24.7 Å². The Hall–Kier alpha value is -1.56. The van der Waals surface area contributed by atoms with Crippen molar-refractivity contribution in [1.82, 2.24) is 10.2 Å². The summed E-state index contributed by atoms with van der Waals surface area (Å²) in [6, 6.07) is 0. The lowest BCUT2D eigenvalue weighted by molar-refractivity contribution is -0.123. The molecule has 1 aromatic heterocycles. The average molecular weight is 275 g/mol. The maximum Gasteiger partial charge on any atom is 0.240 e. The molecule has 1 saturated carbocycles. The average Bonchev–Trinajstić information content (AvgIpc) is 3.14. The van der Waals surface area contributed by atoms with Crippen LogP contribution in [0, 0.1) is 23.7 Å². The maximum atomic E-state index is 12.5. The highest BCUT2D eigenvalue weighted by atomic mass is 32.1. The Morgan fingerprint density at radius 3 is 2.37 bits per heavy atom. The van der Waals surface area contributed by atoms with Crippen molar-refractivity contribution in [3.8, 4) is 0 Å². The van der Waals surface area contributed by atoms with Crippen LogP contribution in [0.3, 0.4) is 0 Å². The number of rotatable bonds is 2. The summed E-state index contributed by atoms with van der Waals surface area (Å²) in [5, 5.41) is 9.30. The molecule has 19 heavy (non-hydrogen) atoms. The summed E-state index contributed by atoms with van der Waals surface area (Å²) in [4.78, 5) is 26.3. The fourth-order valence-corrected chi connectivity index (χ4v) is 4.36. The van der Waals surface area contributed by atoms with Crippen molar-refractivity contribution < 1.29 is 9.59 Å². The van der Waals surface area contributed by atoms with Crippen LogP contribution in [-0.4, -0.2) is 22.0 Å². The lowest BCUT2D eigenvalue weighted by atomic mass is 9.85. The third-order valence-corrected chi connectivity index (χ3v) is 5.47. The number of amides is 2. The van der Waals surface area contributed by atoms with Gasteiger partial charge in [0.15, 0.2) is 0 Å². The lowest BCUT2D eigenvalue weighted by Crippen LogP contribution is -2.32. The molecular formula is C13H13N3O2S. The Balaban J connectivity index is 1.72. The molecule has 5 nitrogen and oxygen atoms in total. The fourth-order valence-electron chi connectivity index (χ4n) is 3.57. The van der Waals surface area contributed by atoms with Crippen molar-refractivity contribution in [3.05, 3.63) is 17.2 Å². The van der Waals surface area contributed by atoms with Crippen LogP contribution >= 0.6 is 11.3 Å². The zero-order valence-electron chi connectivity index (χ0n) is 10.4. The summed E-state index contributed by atoms with van der Waals surface area (Å²) in [5.74, 6) is 0.0225. The van der Waals surface area contributed by atoms with Crippen LogP contribution < -0.4 is 4.90 Å². The highest BCUT2D eigenvalue weighted by molar-refractivity contribution is 7.15. The van der Waals surface area contributed by atoms with Gasteiger partial charge in [-0.25, -0.2) is 4.90 Å². The third-order valence-electron chi connectivity index (χ3n) is 4.42. The molecule has 6 heteroatoms. The van der Waals surface area contributed by atoms with Gasteiger partial charge in [-0.1, -0.05) is 30.4 Å². The molecule has 1 aromatic rings. The van der Waals surface area contributed by atoms with Gasteiger partial charge in [0.2, 0.25) is 16.9 Å². The number of anilines is 1. The quantitative estimate of drug-likeness (QED) is 0.605. The zero-order chi connectivity index (χ0) is 13.1. The molecule has 0 radical (unpaired) electrons. The Morgan fingerprint density at radius 2 is 1.84 bits per heavy atom. The molecule has 2 amide bonds. The lowest BCUT2D eigenvalue weighted by Gasteiger charge is -2.14. The Morgan fingerprint density at radius 1 is 1.21 bits per heavy atom. The number of hydrogen-bond donors (Lipinski definition) is 0. The highest BCUT2D eigenvalue weighted by Gasteiger charge is 2.60. The monoisotopic (exact) mass is 275 g/mol. The second-order valence-corrected chi connectivity index (χ2v) is 6.38. The standard InChI is InChI=1S/C13H13N3O2S/c1-2-8-14-15-13(19-8)16-11(17)9-6-3-4-7(5-6)10(9)12(16)18/h3-4,6-7,9-10H,2,5H2,1H3/t6-,7-,9-,10+/m1/s1. The Kier molecular flexibility index (Phi) is 2.21. The molecule has 0 N–H and O–H groups in total. The second kappa shape index (κ2) is 3.72. The van der Waals surface area contributed by atoms with Gasteiger partial charge in [-0.2, -0.15) is 0 Å².